The molecule has 132 valence electrons. The van der Waals surface area contributed by atoms with Gasteiger partial charge in [-0.25, -0.2) is 4.98 Å². The van der Waals surface area contributed by atoms with Gasteiger partial charge in [-0.3, -0.25) is 14.2 Å². The van der Waals surface area contributed by atoms with E-state index in [1.54, 1.807) is 22.4 Å². The summed E-state index contributed by atoms with van der Waals surface area (Å²) in [6.07, 6.45) is 5.03. The van der Waals surface area contributed by atoms with Crippen molar-refractivity contribution >= 4 is 17.7 Å². The van der Waals surface area contributed by atoms with Crippen molar-refractivity contribution in [3.05, 3.63) is 22.1 Å². The first kappa shape index (κ1) is 17.5. The second kappa shape index (κ2) is 6.90. The number of likely N-dealkylation sites (tertiary alicyclic amines) is 1. The maximum Gasteiger partial charge on any atom is 0.254 e. The average molecular weight is 350 g/mol. The second-order valence-electron chi connectivity index (χ2n) is 7.85. The van der Waals surface area contributed by atoms with Crippen LogP contribution in [0.1, 0.15) is 64.6 Å². The van der Waals surface area contributed by atoms with Crippen LogP contribution in [0.4, 0.5) is 0 Å². The van der Waals surface area contributed by atoms with Crippen molar-refractivity contribution in [3.63, 3.8) is 0 Å². The number of hydrogen-bond acceptors (Lipinski definition) is 4. The number of nitrogens with zero attached hydrogens (tertiary/aromatic N) is 3. The van der Waals surface area contributed by atoms with Crippen molar-refractivity contribution in [2.75, 3.05) is 18.8 Å². The van der Waals surface area contributed by atoms with Crippen LogP contribution in [0.25, 0.3) is 0 Å². The first-order chi connectivity index (χ1) is 11.4. The van der Waals surface area contributed by atoms with Gasteiger partial charge in [0.1, 0.15) is 0 Å². The summed E-state index contributed by atoms with van der Waals surface area (Å²) in [6, 6.07) is 1.58. The zero-order valence-electron chi connectivity index (χ0n) is 14.9. The van der Waals surface area contributed by atoms with Gasteiger partial charge in [-0.05, 0) is 12.8 Å². The predicted octanol–water partition coefficient (Wildman–Crippen LogP) is 2.98. The molecule has 1 aromatic heterocycles. The van der Waals surface area contributed by atoms with Crippen molar-refractivity contribution < 1.29 is 4.79 Å². The van der Waals surface area contributed by atoms with Gasteiger partial charge in [0.05, 0.1) is 11.7 Å². The van der Waals surface area contributed by atoms with Crippen LogP contribution < -0.4 is 5.56 Å². The van der Waals surface area contributed by atoms with E-state index in [1.165, 1.54) is 12.8 Å². The van der Waals surface area contributed by atoms with Crippen LogP contribution in [0.3, 0.4) is 0 Å². The fourth-order valence-corrected chi connectivity index (χ4v) is 4.49. The van der Waals surface area contributed by atoms with Gasteiger partial charge in [0, 0.05) is 36.7 Å². The number of hydrogen-bond donors (Lipinski definition) is 0. The highest BCUT2D eigenvalue weighted by atomic mass is 32.2. The van der Waals surface area contributed by atoms with Gasteiger partial charge in [-0.15, -0.1) is 0 Å². The molecule has 1 amide bonds. The van der Waals surface area contributed by atoms with Crippen LogP contribution in [-0.2, 0) is 10.2 Å². The SMILES string of the molecule is CC(C)(C)c1cc(=O)n2c(n1)SC[C@@H]2CC(=O)N1CCCCCC1. The normalized spacial score (nSPS) is 21.5. The predicted molar refractivity (Wildman–Crippen MR) is 96.6 cm³/mol. The summed E-state index contributed by atoms with van der Waals surface area (Å²) in [4.78, 5) is 31.9. The van der Waals surface area contributed by atoms with Gasteiger partial charge in [0.25, 0.3) is 5.56 Å². The lowest BCUT2D eigenvalue weighted by atomic mass is 9.92. The minimum Gasteiger partial charge on any atom is -0.343 e. The Bertz CT molecular complexity index is 670. The Morgan fingerprint density at radius 3 is 2.54 bits per heavy atom. The molecular weight excluding hydrogens is 322 g/mol. The van der Waals surface area contributed by atoms with Crippen molar-refractivity contribution in [1.29, 1.82) is 0 Å². The summed E-state index contributed by atoms with van der Waals surface area (Å²) >= 11 is 1.59. The average Bonchev–Trinajstić information content (AvgIpc) is 2.73. The number of aromatic nitrogens is 2. The lowest BCUT2D eigenvalue weighted by Crippen LogP contribution is -2.35. The molecule has 0 bridgehead atoms. The Kier molecular flexibility index (Phi) is 5.04. The monoisotopic (exact) mass is 349 g/mol. The number of carbonyl (C=O) groups is 1. The van der Waals surface area contributed by atoms with Gasteiger partial charge in [-0.2, -0.15) is 0 Å². The van der Waals surface area contributed by atoms with Crippen LogP contribution >= 0.6 is 11.8 Å². The molecular formula is C18H27N3O2S. The second-order valence-corrected chi connectivity index (χ2v) is 8.83. The van der Waals surface area contributed by atoms with E-state index < -0.39 is 0 Å². The van der Waals surface area contributed by atoms with Crippen LogP contribution in [0.5, 0.6) is 0 Å². The van der Waals surface area contributed by atoms with Crippen LogP contribution in [0, 0.1) is 0 Å². The van der Waals surface area contributed by atoms with Gasteiger partial charge in [-0.1, -0.05) is 45.4 Å². The van der Waals surface area contributed by atoms with Crippen LogP contribution in [0.2, 0.25) is 0 Å². The minimum atomic E-state index is -0.144. The lowest BCUT2D eigenvalue weighted by molar-refractivity contribution is -0.131. The van der Waals surface area contributed by atoms with Crippen molar-refractivity contribution in [2.24, 2.45) is 0 Å². The fraction of sp³-hybridized carbons (Fsp3) is 0.722. The van der Waals surface area contributed by atoms with E-state index in [4.69, 9.17) is 0 Å². The molecule has 0 radical (unpaired) electrons. The molecule has 6 heteroatoms. The Balaban J connectivity index is 1.77. The highest BCUT2D eigenvalue weighted by Gasteiger charge is 2.30. The van der Waals surface area contributed by atoms with E-state index in [2.05, 4.69) is 25.8 Å². The largest absolute Gasteiger partial charge is 0.343 e. The van der Waals surface area contributed by atoms with Gasteiger partial charge < -0.3 is 4.90 Å². The zero-order chi connectivity index (χ0) is 17.3. The molecule has 1 aromatic rings. The van der Waals surface area contributed by atoms with E-state index in [-0.39, 0.29) is 22.9 Å². The Morgan fingerprint density at radius 2 is 1.92 bits per heavy atom. The maximum absolute atomic E-state index is 12.6. The minimum absolute atomic E-state index is 0.0245. The smallest absolute Gasteiger partial charge is 0.254 e. The number of amides is 1. The Morgan fingerprint density at radius 1 is 1.25 bits per heavy atom. The summed E-state index contributed by atoms with van der Waals surface area (Å²) < 4.78 is 1.73. The standard InChI is InChI=1S/C18H27N3O2S/c1-18(2,3)14-11-16(23)21-13(12-24-17(21)19-14)10-15(22)20-8-6-4-5-7-9-20/h11,13H,4-10,12H2,1-3H3/t13-/m0/s1. The first-order valence-electron chi connectivity index (χ1n) is 8.91. The molecule has 0 aromatic carbocycles. The maximum atomic E-state index is 12.6. The summed E-state index contributed by atoms with van der Waals surface area (Å²) in [5, 5.41) is 0.765. The number of thioether (sulfide) groups is 1. The summed E-state index contributed by atoms with van der Waals surface area (Å²) in [6.45, 7) is 7.91. The molecule has 0 unspecified atom stereocenters. The summed E-state index contributed by atoms with van der Waals surface area (Å²) in [5.74, 6) is 0.942. The molecule has 0 spiro atoms. The van der Waals surface area contributed by atoms with E-state index in [1.807, 2.05) is 4.90 Å². The number of fused-ring (bicyclic) bond motifs is 1. The quantitative estimate of drug-likeness (QED) is 0.770. The van der Waals surface area contributed by atoms with E-state index >= 15 is 0 Å². The third-order valence-corrected chi connectivity index (χ3v) is 5.92. The molecule has 2 aliphatic heterocycles. The molecule has 5 nitrogen and oxygen atoms in total. The molecule has 1 atom stereocenters. The molecule has 0 N–H and O–H groups in total. The molecule has 0 saturated carbocycles. The van der Waals surface area contributed by atoms with Crippen molar-refractivity contribution in [1.82, 2.24) is 14.5 Å². The third kappa shape index (κ3) is 3.68. The van der Waals surface area contributed by atoms with E-state index in [9.17, 15) is 9.59 Å². The third-order valence-electron chi connectivity index (χ3n) is 4.83. The Labute approximate surface area is 147 Å². The molecule has 0 aliphatic carbocycles. The fourth-order valence-electron chi connectivity index (χ4n) is 3.34. The number of rotatable bonds is 2. The molecule has 3 rings (SSSR count). The highest BCUT2D eigenvalue weighted by molar-refractivity contribution is 7.99. The topological polar surface area (TPSA) is 55.2 Å². The van der Waals surface area contributed by atoms with Crippen LogP contribution in [0.15, 0.2) is 16.0 Å². The molecule has 1 saturated heterocycles. The lowest BCUT2D eigenvalue weighted by Gasteiger charge is -2.23. The molecule has 3 heterocycles. The van der Waals surface area contributed by atoms with Crippen molar-refractivity contribution in [2.45, 2.75) is 69.5 Å². The van der Waals surface area contributed by atoms with Gasteiger partial charge in [0.15, 0.2) is 5.16 Å². The zero-order valence-corrected chi connectivity index (χ0v) is 15.7. The van der Waals surface area contributed by atoms with E-state index in [0.717, 1.165) is 42.5 Å². The Hall–Kier alpha value is -1.30. The molecule has 2 aliphatic rings. The summed E-state index contributed by atoms with van der Waals surface area (Å²) in [7, 11) is 0. The summed E-state index contributed by atoms with van der Waals surface area (Å²) in [5.41, 5.74) is 0.657. The molecule has 1 fully saturated rings. The highest BCUT2D eigenvalue weighted by Crippen LogP contribution is 2.34. The van der Waals surface area contributed by atoms with Gasteiger partial charge in [0.2, 0.25) is 5.91 Å². The number of carbonyl (C=O) groups excluding carboxylic acids is 1. The van der Waals surface area contributed by atoms with Crippen LogP contribution in [-0.4, -0.2) is 39.2 Å². The molecule has 24 heavy (non-hydrogen) atoms. The van der Waals surface area contributed by atoms with Crippen molar-refractivity contribution in [3.8, 4) is 0 Å². The van der Waals surface area contributed by atoms with E-state index in [0.29, 0.717) is 6.42 Å². The van der Waals surface area contributed by atoms with Gasteiger partial charge >= 0.3 is 0 Å². The first-order valence-corrected chi connectivity index (χ1v) is 9.89.